The number of aliphatic hydroxyl groups excluding tert-OH is 1. The molecule has 1 saturated carbocycles. The van der Waals surface area contributed by atoms with Gasteiger partial charge >= 0.3 is 0 Å². The summed E-state index contributed by atoms with van der Waals surface area (Å²) in [4.78, 5) is 61.6. The summed E-state index contributed by atoms with van der Waals surface area (Å²) < 4.78 is 43.7. The van der Waals surface area contributed by atoms with Crippen LogP contribution in [0.3, 0.4) is 0 Å². The highest BCUT2D eigenvalue weighted by Crippen LogP contribution is 2.40. The van der Waals surface area contributed by atoms with Crippen molar-refractivity contribution in [3.05, 3.63) is 65.2 Å². The summed E-state index contributed by atoms with van der Waals surface area (Å²) in [7, 11) is 0. The Kier molecular flexibility index (Phi) is 11.8. The number of halogens is 2. The first-order valence-electron chi connectivity index (χ1n) is 22.5. The first-order chi connectivity index (χ1) is 31.1. The minimum absolute atomic E-state index is 0.0103. The second-order valence-electron chi connectivity index (χ2n) is 17.9. The Bertz CT molecular complexity index is 2400. The van der Waals surface area contributed by atoms with E-state index >= 15 is 0 Å². The summed E-state index contributed by atoms with van der Waals surface area (Å²) >= 11 is 0. The largest absolute Gasteiger partial charge is 0.384 e. The van der Waals surface area contributed by atoms with Crippen molar-refractivity contribution in [3.8, 4) is 0 Å². The molecule has 1 aromatic carbocycles. The number of aromatic nitrogens is 5. The third-order valence-electron chi connectivity index (χ3n) is 13.8. The molecule has 6 aliphatic heterocycles. The van der Waals surface area contributed by atoms with Gasteiger partial charge in [0, 0.05) is 82.4 Å². The highest BCUT2D eigenvalue weighted by atomic mass is 19.3. The van der Waals surface area contributed by atoms with E-state index in [1.807, 2.05) is 6.07 Å². The first-order valence-corrected chi connectivity index (χ1v) is 22.5. The molecule has 340 valence electrons. The van der Waals surface area contributed by atoms with Crippen LogP contribution >= 0.6 is 0 Å². The van der Waals surface area contributed by atoms with Crippen LogP contribution in [0.25, 0.3) is 5.65 Å². The van der Waals surface area contributed by atoms with Gasteiger partial charge in [0.15, 0.2) is 17.6 Å². The fourth-order valence-corrected chi connectivity index (χ4v) is 10.4. The summed E-state index contributed by atoms with van der Waals surface area (Å²) in [6.07, 6.45) is 8.47. The number of benzene rings is 1. The van der Waals surface area contributed by atoms with E-state index in [4.69, 9.17) is 14.5 Å². The molecule has 1 aliphatic carbocycles. The number of carbonyl (C=O) groups is 4. The van der Waals surface area contributed by atoms with E-state index in [2.05, 4.69) is 35.9 Å². The minimum atomic E-state index is -2.86. The van der Waals surface area contributed by atoms with Crippen molar-refractivity contribution < 1.29 is 42.5 Å². The Morgan fingerprint density at radius 2 is 1.80 bits per heavy atom. The van der Waals surface area contributed by atoms with E-state index in [1.165, 1.54) is 21.8 Å². The summed E-state index contributed by atoms with van der Waals surface area (Å²) in [6.45, 7) is 5.40. The van der Waals surface area contributed by atoms with Gasteiger partial charge in [0.25, 0.3) is 18.2 Å². The summed E-state index contributed by atoms with van der Waals surface area (Å²) in [6, 6.07) is 6.11. The molecule has 4 N–H and O–H groups in total. The molecule has 5 saturated heterocycles. The van der Waals surface area contributed by atoms with Gasteiger partial charge in [-0.1, -0.05) is 12.1 Å². The van der Waals surface area contributed by atoms with E-state index in [0.717, 1.165) is 77.7 Å². The number of rotatable bonds is 14. The van der Waals surface area contributed by atoms with Crippen LogP contribution in [0.4, 0.5) is 26.0 Å². The van der Waals surface area contributed by atoms with Crippen LogP contribution in [0.5, 0.6) is 0 Å². The molecule has 9 heterocycles. The predicted octanol–water partition coefficient (Wildman–Crippen LogP) is 4.06. The third kappa shape index (κ3) is 8.43. The molecule has 0 spiro atoms. The number of amides is 4. The number of imide groups is 1. The number of piperidine rings is 3. The van der Waals surface area contributed by atoms with Crippen LogP contribution in [0.1, 0.15) is 115 Å². The highest BCUT2D eigenvalue weighted by molar-refractivity contribution is 6.09. The van der Waals surface area contributed by atoms with Gasteiger partial charge in [0.1, 0.15) is 17.4 Å². The van der Waals surface area contributed by atoms with Gasteiger partial charge in [0.05, 0.1) is 41.8 Å². The zero-order chi connectivity index (χ0) is 44.1. The molecule has 6 fully saturated rings. The van der Waals surface area contributed by atoms with Crippen molar-refractivity contribution in [1.82, 2.24) is 39.5 Å². The number of anilines is 3. The van der Waals surface area contributed by atoms with Gasteiger partial charge < -0.3 is 35.0 Å². The summed E-state index contributed by atoms with van der Waals surface area (Å²) in [5, 5.41) is 27.8. The number of alkyl halides is 2. The van der Waals surface area contributed by atoms with Crippen LogP contribution in [0.2, 0.25) is 0 Å². The Hall–Kier alpha value is -5.57. The number of aliphatic hydroxyl groups is 1. The number of nitrogens with one attached hydrogen (secondary N) is 3. The first kappa shape index (κ1) is 42.4. The average molecular weight is 886 g/mol. The Morgan fingerprint density at radius 3 is 2.55 bits per heavy atom. The predicted molar refractivity (Wildman–Crippen MR) is 227 cm³/mol. The maximum atomic E-state index is 14.3. The number of hydrogen-bond donors (Lipinski definition) is 4. The van der Waals surface area contributed by atoms with Gasteiger partial charge in [-0.3, -0.25) is 34.1 Å². The molecule has 64 heavy (non-hydrogen) atoms. The molecule has 0 radical (unpaired) electrons. The van der Waals surface area contributed by atoms with Gasteiger partial charge in [-0.2, -0.15) is 10.2 Å². The molecule has 7 aliphatic rings. The van der Waals surface area contributed by atoms with Gasteiger partial charge in [-0.05, 0) is 69.4 Å². The number of morpholine rings is 1. The molecule has 4 aromatic rings. The lowest BCUT2D eigenvalue weighted by atomic mass is 9.85. The molecule has 11 rings (SSSR count). The number of nitrogens with zero attached hydrogens (tertiary/aromatic N) is 8. The van der Waals surface area contributed by atoms with E-state index in [-0.39, 0.29) is 54.4 Å². The average Bonchev–Trinajstić information content (AvgIpc) is 3.98. The standard InChI is InChI=1S/C44H53F2N11O7/c45-39(46)38-33(49-41(59)31-20-48-55-17-13-35(50-40(31)55)54-22-28-19-29(23-54)64-28)24-56(52-38)26-7-5-25(6-8-26)21-53-15-11-27(12-16-53)63-18-2-14-47-32-4-1-3-30-37(32)44(62)57(43(30)61)34-9-10-36(58)51-42(34)60/h1,3-4,13,17,20,24-29,34,39,43,47,61H,2,5-12,14-16,18-19,21-23H2,(H,49,59)(H,51,58,60). The second-order valence-corrected chi connectivity index (χ2v) is 17.9. The molecule has 18 nitrogen and oxygen atoms in total. The third-order valence-corrected chi connectivity index (χ3v) is 13.8. The fraction of sp³-hybridized carbons (Fsp3) is 0.568. The summed E-state index contributed by atoms with van der Waals surface area (Å²) in [5.41, 5.74) is 1.43. The monoisotopic (exact) mass is 885 g/mol. The zero-order valence-electron chi connectivity index (χ0n) is 35.4. The number of fused-ring (bicyclic) bond motifs is 4. The van der Waals surface area contributed by atoms with Crippen molar-refractivity contribution in [2.75, 3.05) is 61.4 Å². The fourth-order valence-electron chi connectivity index (χ4n) is 10.4. The number of likely N-dealkylation sites (tertiary alicyclic amines) is 1. The van der Waals surface area contributed by atoms with E-state index in [1.54, 1.807) is 29.1 Å². The lowest BCUT2D eigenvalue weighted by Gasteiger charge is -2.47. The van der Waals surface area contributed by atoms with Crippen molar-refractivity contribution in [1.29, 1.82) is 0 Å². The Morgan fingerprint density at radius 1 is 1.02 bits per heavy atom. The molecular weight excluding hydrogens is 833 g/mol. The topological polar surface area (TPSA) is 201 Å². The van der Waals surface area contributed by atoms with Crippen molar-refractivity contribution in [2.45, 2.75) is 107 Å². The normalized spacial score (nSPS) is 26.3. The quantitative estimate of drug-likeness (QED) is 0.105. The van der Waals surface area contributed by atoms with Crippen LogP contribution in [0, 0.1) is 5.92 Å². The minimum Gasteiger partial charge on any atom is -0.384 e. The van der Waals surface area contributed by atoms with Crippen LogP contribution in [-0.4, -0.2) is 133 Å². The van der Waals surface area contributed by atoms with E-state index in [0.29, 0.717) is 53.8 Å². The second kappa shape index (κ2) is 17.8. The Balaban J connectivity index is 0.655. The molecular formula is C44H53F2N11O7. The van der Waals surface area contributed by atoms with Crippen molar-refractivity contribution >= 4 is 46.5 Å². The van der Waals surface area contributed by atoms with Crippen molar-refractivity contribution in [2.24, 2.45) is 5.92 Å². The van der Waals surface area contributed by atoms with E-state index in [9.17, 15) is 33.1 Å². The van der Waals surface area contributed by atoms with Gasteiger partial charge in [-0.15, -0.1) is 0 Å². The lowest BCUT2D eigenvalue weighted by molar-refractivity contribution is -0.139. The maximum absolute atomic E-state index is 14.3. The van der Waals surface area contributed by atoms with Crippen LogP contribution in [-0.2, 0) is 19.1 Å². The maximum Gasteiger partial charge on any atom is 0.284 e. The summed E-state index contributed by atoms with van der Waals surface area (Å²) in [5.74, 6) is -0.773. The molecule has 4 atom stereocenters. The Labute approximate surface area is 367 Å². The number of hydrogen-bond acceptors (Lipinski definition) is 13. The molecule has 20 heteroatoms. The number of ether oxygens (including phenoxy) is 2. The van der Waals surface area contributed by atoms with Crippen LogP contribution in [0.15, 0.2) is 42.9 Å². The zero-order valence-corrected chi connectivity index (χ0v) is 35.4. The van der Waals surface area contributed by atoms with Crippen LogP contribution < -0.4 is 20.9 Å². The molecule has 4 unspecified atom stereocenters. The molecule has 4 amide bonds. The lowest BCUT2D eigenvalue weighted by Crippen LogP contribution is -2.57. The number of carbonyl (C=O) groups excluding carboxylic acids is 4. The smallest absolute Gasteiger partial charge is 0.284 e. The highest BCUT2D eigenvalue weighted by Gasteiger charge is 2.45. The van der Waals surface area contributed by atoms with Crippen molar-refractivity contribution in [3.63, 3.8) is 0 Å². The SMILES string of the molecule is O=C1CCC(N2C(=O)c3c(NCCCOC4CCN(CC5CCC(n6cc(NC(=O)c7cnn8ccc(N9CC%10CC(C9)O%10)nc78)c(C(F)F)n6)CC5)CC4)cccc3C2O)C(=O)N1. The molecule has 3 aromatic heterocycles. The van der Waals surface area contributed by atoms with Gasteiger partial charge in [0.2, 0.25) is 11.8 Å². The van der Waals surface area contributed by atoms with Gasteiger partial charge in [-0.25, -0.2) is 18.3 Å². The molecule has 2 bridgehead atoms. The van der Waals surface area contributed by atoms with E-state index < -0.39 is 42.1 Å².